The number of fused-ring (bicyclic) bond motifs is 2. The monoisotopic (exact) mass is 256 g/mol. The summed E-state index contributed by atoms with van der Waals surface area (Å²) in [6, 6.07) is 0. The van der Waals surface area contributed by atoms with Crippen molar-refractivity contribution >= 4 is 34.8 Å². The summed E-state index contributed by atoms with van der Waals surface area (Å²) in [6.07, 6.45) is 1.58. The van der Waals surface area contributed by atoms with Gasteiger partial charge < -0.3 is 9.47 Å². The summed E-state index contributed by atoms with van der Waals surface area (Å²) in [5.74, 6) is -0.924. The zero-order chi connectivity index (χ0) is 10.6. The van der Waals surface area contributed by atoms with E-state index in [0.29, 0.717) is 10.1 Å². The SMILES string of the molecule is COC1(OC)[C@@H]2CC[C@]1(Cl)C(Cl)=C2Cl. The van der Waals surface area contributed by atoms with Crippen LogP contribution in [0.15, 0.2) is 10.1 Å². The fourth-order valence-electron chi connectivity index (χ4n) is 2.57. The van der Waals surface area contributed by atoms with Gasteiger partial charge in [0.15, 0.2) is 5.79 Å². The third-order valence-corrected chi connectivity index (χ3v) is 5.07. The molecule has 80 valence electrons. The fourth-order valence-corrected chi connectivity index (χ4v) is 3.89. The van der Waals surface area contributed by atoms with E-state index in [2.05, 4.69) is 0 Å². The molecule has 0 radical (unpaired) electrons. The second-order valence-electron chi connectivity index (χ2n) is 3.63. The summed E-state index contributed by atoms with van der Waals surface area (Å²) in [5.41, 5.74) is 0. The van der Waals surface area contributed by atoms with Gasteiger partial charge >= 0.3 is 0 Å². The molecule has 2 atom stereocenters. The lowest BCUT2D eigenvalue weighted by molar-refractivity contribution is -0.223. The zero-order valence-electron chi connectivity index (χ0n) is 7.94. The van der Waals surface area contributed by atoms with E-state index in [1.54, 1.807) is 14.2 Å². The molecule has 0 heterocycles. The lowest BCUT2D eigenvalue weighted by Crippen LogP contribution is -2.49. The molecule has 0 aliphatic heterocycles. The molecule has 2 bridgehead atoms. The van der Waals surface area contributed by atoms with Crippen LogP contribution in [0.25, 0.3) is 0 Å². The van der Waals surface area contributed by atoms with Crippen molar-refractivity contribution in [2.24, 2.45) is 5.92 Å². The Morgan fingerprint density at radius 1 is 1.29 bits per heavy atom. The Labute approximate surface area is 98.1 Å². The molecule has 0 saturated heterocycles. The van der Waals surface area contributed by atoms with Crippen LogP contribution in [0.1, 0.15) is 12.8 Å². The van der Waals surface area contributed by atoms with Crippen LogP contribution in [0.2, 0.25) is 0 Å². The Morgan fingerprint density at radius 2 is 1.86 bits per heavy atom. The normalized spacial score (nSPS) is 39.6. The van der Waals surface area contributed by atoms with Crippen LogP contribution in [0.4, 0.5) is 0 Å². The summed E-state index contributed by atoms with van der Waals surface area (Å²) in [4.78, 5) is -0.806. The van der Waals surface area contributed by atoms with Gasteiger partial charge in [-0.15, -0.1) is 11.6 Å². The summed E-state index contributed by atoms with van der Waals surface area (Å²) < 4.78 is 10.8. The van der Waals surface area contributed by atoms with Crippen molar-refractivity contribution in [2.75, 3.05) is 14.2 Å². The fraction of sp³-hybridized carbons (Fsp3) is 0.778. The van der Waals surface area contributed by atoms with E-state index in [1.807, 2.05) is 0 Å². The molecule has 2 aliphatic rings. The summed E-state index contributed by atoms with van der Waals surface area (Å²) >= 11 is 18.6. The molecule has 0 unspecified atom stereocenters. The molecule has 0 N–H and O–H groups in total. The number of hydrogen-bond donors (Lipinski definition) is 0. The van der Waals surface area contributed by atoms with Gasteiger partial charge in [0.2, 0.25) is 0 Å². The topological polar surface area (TPSA) is 18.5 Å². The predicted octanol–water partition coefficient (Wildman–Crippen LogP) is 3.07. The first-order valence-corrected chi connectivity index (χ1v) is 5.51. The highest BCUT2D eigenvalue weighted by Gasteiger charge is 2.69. The maximum Gasteiger partial charge on any atom is 0.200 e. The number of halogens is 3. The van der Waals surface area contributed by atoms with Gasteiger partial charge in [-0.3, -0.25) is 0 Å². The molecular formula is C9H11Cl3O2. The number of rotatable bonds is 2. The maximum atomic E-state index is 6.44. The van der Waals surface area contributed by atoms with Crippen molar-refractivity contribution in [1.82, 2.24) is 0 Å². The third kappa shape index (κ3) is 0.966. The van der Waals surface area contributed by atoms with E-state index in [4.69, 9.17) is 44.3 Å². The average molecular weight is 258 g/mol. The zero-order valence-corrected chi connectivity index (χ0v) is 10.2. The number of ether oxygens (including phenoxy) is 2. The van der Waals surface area contributed by atoms with Crippen LogP contribution in [0, 0.1) is 5.92 Å². The summed E-state index contributed by atoms with van der Waals surface area (Å²) in [7, 11) is 3.14. The van der Waals surface area contributed by atoms with Gasteiger partial charge in [0.25, 0.3) is 0 Å². The number of hydrogen-bond acceptors (Lipinski definition) is 2. The molecule has 2 nitrogen and oxygen atoms in total. The first kappa shape index (κ1) is 11.0. The Balaban J connectivity index is 2.53. The molecule has 0 aromatic rings. The Hall–Kier alpha value is 0.530. The van der Waals surface area contributed by atoms with Crippen molar-refractivity contribution < 1.29 is 9.47 Å². The van der Waals surface area contributed by atoms with Gasteiger partial charge in [-0.05, 0) is 12.8 Å². The van der Waals surface area contributed by atoms with Crippen molar-refractivity contribution in [2.45, 2.75) is 23.5 Å². The summed E-state index contributed by atoms with van der Waals surface area (Å²) in [6.45, 7) is 0. The van der Waals surface area contributed by atoms with Crippen LogP contribution < -0.4 is 0 Å². The highest BCUT2D eigenvalue weighted by Crippen LogP contribution is 2.64. The molecular weight excluding hydrogens is 246 g/mol. The standard InChI is InChI=1S/C9H11Cl3O2/c1-13-9(14-2)5-3-4-8(9,12)7(11)6(5)10/h5H,3-4H2,1-2H3/t5-,8+/m1/s1. The van der Waals surface area contributed by atoms with Crippen molar-refractivity contribution in [3.8, 4) is 0 Å². The second kappa shape index (κ2) is 3.26. The first-order chi connectivity index (χ1) is 6.53. The van der Waals surface area contributed by atoms with E-state index in [1.165, 1.54) is 0 Å². The van der Waals surface area contributed by atoms with Crippen molar-refractivity contribution in [3.63, 3.8) is 0 Å². The van der Waals surface area contributed by atoms with Crippen molar-refractivity contribution in [1.29, 1.82) is 0 Å². The average Bonchev–Trinajstić information content (AvgIpc) is 2.56. The van der Waals surface area contributed by atoms with E-state index in [-0.39, 0.29) is 5.92 Å². The van der Waals surface area contributed by atoms with Crippen LogP contribution >= 0.6 is 34.8 Å². The van der Waals surface area contributed by atoms with Gasteiger partial charge in [0, 0.05) is 19.3 Å². The van der Waals surface area contributed by atoms with Gasteiger partial charge in [-0.1, -0.05) is 23.2 Å². The van der Waals surface area contributed by atoms with Gasteiger partial charge in [0.05, 0.1) is 11.0 Å². The Bertz CT molecular complexity index is 298. The molecule has 0 amide bonds. The van der Waals surface area contributed by atoms with Crippen LogP contribution in [0.5, 0.6) is 0 Å². The Kier molecular flexibility index (Phi) is 2.57. The lowest BCUT2D eigenvalue weighted by Gasteiger charge is -2.36. The van der Waals surface area contributed by atoms with Gasteiger partial charge in [-0.2, -0.15) is 0 Å². The molecule has 1 saturated carbocycles. The minimum Gasteiger partial charge on any atom is -0.351 e. The molecule has 0 aromatic heterocycles. The quantitative estimate of drug-likeness (QED) is 0.559. The van der Waals surface area contributed by atoms with Crippen LogP contribution in [-0.4, -0.2) is 24.9 Å². The highest BCUT2D eigenvalue weighted by atomic mass is 35.5. The van der Waals surface area contributed by atoms with E-state index < -0.39 is 10.7 Å². The smallest absolute Gasteiger partial charge is 0.200 e. The Morgan fingerprint density at radius 3 is 2.14 bits per heavy atom. The molecule has 1 fully saturated rings. The second-order valence-corrected chi connectivity index (χ2v) is 5.06. The van der Waals surface area contributed by atoms with Crippen molar-refractivity contribution in [3.05, 3.63) is 10.1 Å². The lowest BCUT2D eigenvalue weighted by atomic mass is 10.0. The number of methoxy groups -OCH3 is 2. The molecule has 2 rings (SSSR count). The summed E-state index contributed by atoms with van der Waals surface area (Å²) in [5, 5.41) is 1.05. The molecule has 5 heteroatoms. The predicted molar refractivity (Wildman–Crippen MR) is 56.8 cm³/mol. The van der Waals surface area contributed by atoms with E-state index in [9.17, 15) is 0 Å². The van der Waals surface area contributed by atoms with Crippen LogP contribution in [0.3, 0.4) is 0 Å². The van der Waals surface area contributed by atoms with Gasteiger partial charge in [0.1, 0.15) is 4.87 Å². The third-order valence-electron chi connectivity index (χ3n) is 3.26. The molecule has 2 aliphatic carbocycles. The minimum atomic E-state index is -0.886. The largest absolute Gasteiger partial charge is 0.351 e. The van der Waals surface area contributed by atoms with E-state index in [0.717, 1.165) is 12.8 Å². The van der Waals surface area contributed by atoms with Gasteiger partial charge in [-0.25, -0.2) is 0 Å². The van der Waals surface area contributed by atoms with E-state index >= 15 is 0 Å². The number of alkyl halides is 1. The molecule has 0 spiro atoms. The minimum absolute atomic E-state index is 0.0378. The highest BCUT2D eigenvalue weighted by molar-refractivity contribution is 6.46. The first-order valence-electron chi connectivity index (χ1n) is 4.38. The molecule has 0 aromatic carbocycles. The van der Waals surface area contributed by atoms with Crippen LogP contribution in [-0.2, 0) is 9.47 Å². The molecule has 14 heavy (non-hydrogen) atoms. The maximum absolute atomic E-state index is 6.44.